The molecule has 2 rings (SSSR count). The number of hydrogen-bond donors (Lipinski definition) is 2. The Morgan fingerprint density at radius 2 is 1.95 bits per heavy atom. The largest absolute Gasteiger partial charge is 0.418 e. The Labute approximate surface area is 125 Å². The number of aromatic nitrogens is 1. The van der Waals surface area contributed by atoms with Crippen LogP contribution >= 0.6 is 15.9 Å². The zero-order valence-electron chi connectivity index (χ0n) is 10.3. The van der Waals surface area contributed by atoms with Crippen LogP contribution in [-0.2, 0) is 6.18 Å². The number of nitrogens with one attached hydrogen (secondary N) is 2. The van der Waals surface area contributed by atoms with Crippen LogP contribution in [0.4, 0.5) is 18.9 Å². The molecule has 4 nitrogen and oxygen atoms in total. The van der Waals surface area contributed by atoms with Crippen molar-refractivity contribution in [2.45, 2.75) is 6.18 Å². The van der Waals surface area contributed by atoms with Gasteiger partial charge in [0.25, 0.3) is 5.91 Å². The second-order valence-corrected chi connectivity index (χ2v) is 4.98. The third-order valence-electron chi connectivity index (χ3n) is 2.60. The zero-order valence-corrected chi connectivity index (χ0v) is 11.9. The number of aromatic amines is 1. The molecule has 0 fully saturated rings. The van der Waals surface area contributed by atoms with Gasteiger partial charge in [0.15, 0.2) is 5.43 Å². The van der Waals surface area contributed by atoms with E-state index in [9.17, 15) is 22.8 Å². The number of amides is 1. The molecule has 21 heavy (non-hydrogen) atoms. The Morgan fingerprint density at radius 3 is 2.57 bits per heavy atom. The monoisotopic (exact) mass is 360 g/mol. The molecule has 1 amide bonds. The minimum Gasteiger partial charge on any atom is -0.367 e. The number of benzene rings is 1. The molecular formula is C13H8BrF3N2O2. The van der Waals surface area contributed by atoms with Gasteiger partial charge in [-0.15, -0.1) is 0 Å². The first-order chi connectivity index (χ1) is 9.79. The first kappa shape index (κ1) is 15.3. The lowest BCUT2D eigenvalue weighted by Gasteiger charge is -2.14. The molecule has 1 aromatic carbocycles. The van der Waals surface area contributed by atoms with Crippen LogP contribution < -0.4 is 10.7 Å². The molecule has 0 aliphatic heterocycles. The van der Waals surface area contributed by atoms with Gasteiger partial charge in [-0.2, -0.15) is 13.2 Å². The number of carbonyl (C=O) groups is 1. The molecular weight excluding hydrogens is 353 g/mol. The number of anilines is 1. The number of halogens is 4. The average molecular weight is 361 g/mol. The van der Waals surface area contributed by atoms with E-state index in [1.807, 2.05) is 0 Å². The van der Waals surface area contributed by atoms with Crippen molar-refractivity contribution < 1.29 is 18.0 Å². The first-order valence-electron chi connectivity index (χ1n) is 5.64. The van der Waals surface area contributed by atoms with Crippen LogP contribution in [0.2, 0.25) is 0 Å². The van der Waals surface area contributed by atoms with Crippen molar-refractivity contribution in [3.63, 3.8) is 0 Å². The van der Waals surface area contributed by atoms with E-state index >= 15 is 0 Å². The van der Waals surface area contributed by atoms with Crippen LogP contribution in [0.15, 0.2) is 45.9 Å². The van der Waals surface area contributed by atoms with Gasteiger partial charge in [-0.3, -0.25) is 9.59 Å². The molecule has 0 aliphatic rings. The maximum absolute atomic E-state index is 12.9. The lowest BCUT2D eigenvalue weighted by Crippen LogP contribution is -2.22. The Morgan fingerprint density at radius 1 is 1.24 bits per heavy atom. The Hall–Kier alpha value is -2.09. The van der Waals surface area contributed by atoms with Gasteiger partial charge in [0.2, 0.25) is 0 Å². The average Bonchev–Trinajstić information content (AvgIpc) is 2.40. The standard InChI is InChI=1S/C13H8BrF3N2O2/c14-7-1-2-10(9(5-7)13(15,16)17)19-12(21)8-6-18-4-3-11(8)20/h1-6H,(H,18,20)(H,19,21). The third-order valence-corrected chi connectivity index (χ3v) is 3.10. The molecule has 0 aliphatic carbocycles. The van der Waals surface area contributed by atoms with Crippen LogP contribution in [0.5, 0.6) is 0 Å². The van der Waals surface area contributed by atoms with Crippen molar-refractivity contribution in [2.24, 2.45) is 0 Å². The van der Waals surface area contributed by atoms with Crippen molar-refractivity contribution in [1.29, 1.82) is 0 Å². The minimum absolute atomic E-state index is 0.227. The van der Waals surface area contributed by atoms with Crippen molar-refractivity contribution in [2.75, 3.05) is 5.32 Å². The fraction of sp³-hybridized carbons (Fsp3) is 0.0769. The van der Waals surface area contributed by atoms with Crippen molar-refractivity contribution >= 4 is 27.5 Å². The minimum atomic E-state index is -4.63. The van der Waals surface area contributed by atoms with Crippen LogP contribution in [0.1, 0.15) is 15.9 Å². The summed E-state index contributed by atoms with van der Waals surface area (Å²) in [5.41, 5.74) is -2.28. The molecule has 8 heteroatoms. The number of alkyl halides is 3. The Balaban J connectivity index is 2.39. The second kappa shape index (κ2) is 5.72. The lowest BCUT2D eigenvalue weighted by molar-refractivity contribution is -0.136. The number of carbonyl (C=O) groups excluding carboxylic acids is 1. The SMILES string of the molecule is O=C(Nc1ccc(Br)cc1C(F)(F)F)c1c[nH]ccc1=O. The van der Waals surface area contributed by atoms with Crippen LogP contribution in [0.25, 0.3) is 0 Å². The van der Waals surface area contributed by atoms with E-state index in [0.717, 1.165) is 24.4 Å². The molecule has 0 atom stereocenters. The maximum Gasteiger partial charge on any atom is 0.418 e. The van der Waals surface area contributed by atoms with Crippen molar-refractivity contribution in [3.05, 3.63) is 62.5 Å². The van der Waals surface area contributed by atoms with Crippen molar-refractivity contribution in [3.8, 4) is 0 Å². The molecule has 2 N–H and O–H groups in total. The highest BCUT2D eigenvalue weighted by molar-refractivity contribution is 9.10. The van der Waals surface area contributed by atoms with Gasteiger partial charge in [-0.25, -0.2) is 0 Å². The summed E-state index contributed by atoms with van der Waals surface area (Å²) < 4.78 is 39.0. The van der Waals surface area contributed by atoms with Crippen LogP contribution in [0.3, 0.4) is 0 Å². The summed E-state index contributed by atoms with van der Waals surface area (Å²) in [6, 6.07) is 4.44. The summed E-state index contributed by atoms with van der Waals surface area (Å²) in [6.07, 6.45) is -2.18. The summed E-state index contributed by atoms with van der Waals surface area (Å²) in [6.45, 7) is 0. The lowest BCUT2D eigenvalue weighted by atomic mass is 10.1. The maximum atomic E-state index is 12.9. The smallest absolute Gasteiger partial charge is 0.367 e. The summed E-state index contributed by atoms with van der Waals surface area (Å²) in [4.78, 5) is 25.9. The van der Waals surface area contributed by atoms with E-state index in [1.165, 1.54) is 12.3 Å². The van der Waals surface area contributed by atoms with E-state index in [0.29, 0.717) is 0 Å². The molecule has 0 radical (unpaired) electrons. The second-order valence-electron chi connectivity index (χ2n) is 4.06. The van der Waals surface area contributed by atoms with E-state index in [-0.39, 0.29) is 10.0 Å². The third kappa shape index (κ3) is 3.52. The summed E-state index contributed by atoms with van der Waals surface area (Å²) in [5.74, 6) is -0.912. The van der Waals surface area contributed by atoms with E-state index in [4.69, 9.17) is 0 Å². The number of hydrogen-bond acceptors (Lipinski definition) is 2. The topological polar surface area (TPSA) is 62.0 Å². The van der Waals surface area contributed by atoms with Gasteiger partial charge in [-0.1, -0.05) is 15.9 Å². The molecule has 0 unspecified atom stereocenters. The molecule has 1 aromatic heterocycles. The Kier molecular flexibility index (Phi) is 4.17. The summed E-state index contributed by atoms with van der Waals surface area (Å²) in [7, 11) is 0. The van der Waals surface area contributed by atoms with Gasteiger partial charge in [-0.05, 0) is 18.2 Å². The fourth-order valence-corrected chi connectivity index (χ4v) is 2.00. The quantitative estimate of drug-likeness (QED) is 0.861. The van der Waals surface area contributed by atoms with Crippen LogP contribution in [0, 0.1) is 0 Å². The summed E-state index contributed by atoms with van der Waals surface area (Å²) >= 11 is 2.94. The van der Waals surface area contributed by atoms with E-state index in [2.05, 4.69) is 26.2 Å². The molecule has 2 aromatic rings. The molecule has 0 saturated heterocycles. The van der Waals surface area contributed by atoms with Gasteiger partial charge < -0.3 is 10.3 Å². The highest BCUT2D eigenvalue weighted by Crippen LogP contribution is 2.36. The molecule has 0 saturated carbocycles. The van der Waals surface area contributed by atoms with Gasteiger partial charge in [0.1, 0.15) is 5.56 Å². The van der Waals surface area contributed by atoms with Gasteiger partial charge in [0, 0.05) is 22.9 Å². The number of pyridine rings is 1. The van der Waals surface area contributed by atoms with Gasteiger partial charge in [0.05, 0.1) is 11.3 Å². The number of rotatable bonds is 2. The normalized spacial score (nSPS) is 11.2. The highest BCUT2D eigenvalue weighted by Gasteiger charge is 2.34. The highest BCUT2D eigenvalue weighted by atomic mass is 79.9. The summed E-state index contributed by atoms with van der Waals surface area (Å²) in [5, 5.41) is 2.10. The molecule has 110 valence electrons. The molecule has 0 bridgehead atoms. The zero-order chi connectivity index (χ0) is 15.6. The van der Waals surface area contributed by atoms with Gasteiger partial charge >= 0.3 is 6.18 Å². The van der Waals surface area contributed by atoms with Crippen molar-refractivity contribution in [1.82, 2.24) is 4.98 Å². The molecule has 0 spiro atoms. The Bertz CT molecular complexity index is 741. The fourth-order valence-electron chi connectivity index (χ4n) is 1.64. The first-order valence-corrected chi connectivity index (χ1v) is 6.43. The molecule has 1 heterocycles. The predicted molar refractivity (Wildman–Crippen MR) is 74.2 cm³/mol. The van der Waals surface area contributed by atoms with E-state index in [1.54, 1.807) is 0 Å². The predicted octanol–water partition coefficient (Wildman–Crippen LogP) is 3.41. The number of H-pyrrole nitrogens is 1. The van der Waals surface area contributed by atoms with E-state index < -0.39 is 28.8 Å². The van der Waals surface area contributed by atoms with Crippen LogP contribution in [-0.4, -0.2) is 10.9 Å².